The maximum absolute atomic E-state index is 3.90. The molecule has 0 aliphatic heterocycles. The van der Waals surface area contributed by atoms with Gasteiger partial charge in [-0.05, 0) is 39.5 Å². The predicted molar refractivity (Wildman–Crippen MR) is 96.1 cm³/mol. The molecule has 0 saturated carbocycles. The highest BCUT2D eigenvalue weighted by atomic mass is 31.0. The van der Waals surface area contributed by atoms with E-state index in [4.69, 9.17) is 0 Å². The summed E-state index contributed by atoms with van der Waals surface area (Å²) in [4.78, 5) is 0. The number of allylic oxidation sites excluding steroid dienone is 1. The molecule has 0 unspecified atom stereocenters. The van der Waals surface area contributed by atoms with Gasteiger partial charge in [0.25, 0.3) is 0 Å². The molecule has 0 aliphatic carbocycles. The van der Waals surface area contributed by atoms with Crippen molar-refractivity contribution in [1.82, 2.24) is 5.32 Å². The quantitative estimate of drug-likeness (QED) is 0.500. The Hall–Kier alpha value is -1.07. The first-order valence-electron chi connectivity index (χ1n) is 7.47. The lowest BCUT2D eigenvalue weighted by atomic mass is 10.1. The number of rotatable bonds is 8. The second-order valence-corrected chi connectivity index (χ2v) is 6.06. The first kappa shape index (κ1) is 18.9. The SMILES string of the molecule is C=C(CCCCCCC(C)=P)NC.Cc1ccccc1. The van der Waals surface area contributed by atoms with Gasteiger partial charge in [0, 0.05) is 12.7 Å². The molecule has 1 N–H and O–H groups in total. The third kappa shape index (κ3) is 13.4. The predicted octanol–water partition coefficient (Wildman–Crippen LogP) is 5.39. The summed E-state index contributed by atoms with van der Waals surface area (Å²) >= 11 is 0. The lowest BCUT2D eigenvalue weighted by molar-refractivity contribution is 0.640. The molecule has 0 heterocycles. The van der Waals surface area contributed by atoms with Crippen molar-refractivity contribution in [3.63, 3.8) is 0 Å². The van der Waals surface area contributed by atoms with Gasteiger partial charge in [-0.15, -0.1) is 8.86 Å². The molecule has 0 saturated heterocycles. The van der Waals surface area contributed by atoms with Crippen molar-refractivity contribution >= 4 is 14.2 Å². The maximum Gasteiger partial charge on any atom is 0.00310 e. The minimum atomic E-state index is 1.12. The van der Waals surface area contributed by atoms with Crippen LogP contribution < -0.4 is 5.32 Å². The molecular formula is C18H30NP. The summed E-state index contributed by atoms with van der Waals surface area (Å²) in [5.74, 6) is 0. The second-order valence-electron chi connectivity index (χ2n) is 5.20. The molecule has 0 aliphatic rings. The Balaban J connectivity index is 0.000000428. The molecule has 0 radical (unpaired) electrons. The molecule has 112 valence electrons. The zero-order valence-corrected chi connectivity index (χ0v) is 14.3. The first-order chi connectivity index (χ1) is 9.56. The van der Waals surface area contributed by atoms with Crippen molar-refractivity contribution in [3.8, 4) is 0 Å². The average Bonchev–Trinajstić information content (AvgIpc) is 2.43. The molecule has 0 fully saturated rings. The summed E-state index contributed by atoms with van der Waals surface area (Å²) in [5.41, 5.74) is 2.48. The molecule has 2 heteroatoms. The van der Waals surface area contributed by atoms with Gasteiger partial charge in [0.1, 0.15) is 0 Å². The van der Waals surface area contributed by atoms with Gasteiger partial charge < -0.3 is 5.32 Å². The van der Waals surface area contributed by atoms with Crippen LogP contribution in [0.3, 0.4) is 0 Å². The van der Waals surface area contributed by atoms with Gasteiger partial charge in [0.2, 0.25) is 0 Å². The monoisotopic (exact) mass is 291 g/mol. The molecule has 1 rings (SSSR count). The minimum Gasteiger partial charge on any atom is -0.392 e. The Morgan fingerprint density at radius 2 is 1.60 bits per heavy atom. The van der Waals surface area contributed by atoms with Gasteiger partial charge in [-0.2, -0.15) is 0 Å². The van der Waals surface area contributed by atoms with Gasteiger partial charge in [0.05, 0.1) is 0 Å². The van der Waals surface area contributed by atoms with E-state index in [0.29, 0.717) is 0 Å². The van der Waals surface area contributed by atoms with Gasteiger partial charge in [-0.25, -0.2) is 0 Å². The summed E-state index contributed by atoms with van der Waals surface area (Å²) in [6.45, 7) is 8.10. The zero-order valence-electron chi connectivity index (χ0n) is 13.3. The van der Waals surface area contributed by atoms with Crippen LogP contribution in [0, 0.1) is 6.92 Å². The normalized spacial score (nSPS) is 9.35. The van der Waals surface area contributed by atoms with Crippen LogP contribution >= 0.6 is 8.86 Å². The molecule has 0 atom stereocenters. The van der Waals surface area contributed by atoms with Crippen molar-refractivity contribution in [3.05, 3.63) is 48.2 Å². The van der Waals surface area contributed by atoms with Gasteiger partial charge >= 0.3 is 0 Å². The van der Waals surface area contributed by atoms with E-state index in [2.05, 4.69) is 46.7 Å². The van der Waals surface area contributed by atoms with Crippen LogP contribution in [0.25, 0.3) is 0 Å². The van der Waals surface area contributed by atoms with Crippen molar-refractivity contribution in [2.45, 2.75) is 52.4 Å². The first-order valence-corrected chi connectivity index (χ1v) is 7.97. The van der Waals surface area contributed by atoms with Crippen LogP contribution in [0.15, 0.2) is 42.6 Å². The molecular weight excluding hydrogens is 261 g/mol. The molecule has 20 heavy (non-hydrogen) atoms. The summed E-state index contributed by atoms with van der Waals surface area (Å²) in [5, 5.41) is 4.43. The van der Waals surface area contributed by atoms with E-state index in [1.54, 1.807) is 0 Å². The van der Waals surface area contributed by atoms with Crippen LogP contribution in [0.2, 0.25) is 0 Å². The van der Waals surface area contributed by atoms with Gasteiger partial charge in [-0.1, -0.05) is 60.6 Å². The van der Waals surface area contributed by atoms with E-state index in [-0.39, 0.29) is 0 Å². The van der Waals surface area contributed by atoms with Crippen molar-refractivity contribution in [1.29, 1.82) is 0 Å². The Labute approximate surface area is 127 Å². The summed E-state index contributed by atoms with van der Waals surface area (Å²) in [6, 6.07) is 10.3. The Kier molecular flexibility index (Phi) is 12.2. The lowest BCUT2D eigenvalue weighted by Crippen LogP contribution is -2.03. The molecule has 0 aromatic heterocycles. The summed E-state index contributed by atoms with van der Waals surface area (Å²) in [6.07, 6.45) is 7.55. The van der Waals surface area contributed by atoms with Crippen LogP contribution in [-0.2, 0) is 0 Å². The zero-order chi connectivity index (χ0) is 15.2. The Bertz CT molecular complexity index is 370. The molecule has 0 spiro atoms. The largest absolute Gasteiger partial charge is 0.392 e. The maximum atomic E-state index is 3.90. The number of aryl methyl sites for hydroxylation is 1. The van der Waals surface area contributed by atoms with Crippen LogP contribution in [0.5, 0.6) is 0 Å². The summed E-state index contributed by atoms with van der Waals surface area (Å²) in [7, 11) is 5.45. The third-order valence-corrected chi connectivity index (χ3v) is 3.32. The number of hydrogen-bond donors (Lipinski definition) is 1. The minimum absolute atomic E-state index is 1.12. The number of hydrogen-bond acceptors (Lipinski definition) is 1. The highest BCUT2D eigenvalue weighted by Crippen LogP contribution is 2.08. The fourth-order valence-corrected chi connectivity index (χ4v) is 1.92. The standard InChI is InChI=1S/C11H22NP.C7H8/c1-10(12-3)8-6-4-5-7-9-11(2)13;1-7-5-3-2-4-6-7/h12-13H,1,4-9H2,2-3H3;2-6H,1H3. The van der Waals surface area contributed by atoms with E-state index in [1.807, 2.05) is 25.2 Å². The van der Waals surface area contributed by atoms with Crippen molar-refractivity contribution in [2.75, 3.05) is 7.05 Å². The van der Waals surface area contributed by atoms with Crippen molar-refractivity contribution < 1.29 is 0 Å². The van der Waals surface area contributed by atoms with Crippen LogP contribution in [0.4, 0.5) is 0 Å². The lowest BCUT2D eigenvalue weighted by Gasteiger charge is -2.04. The fraction of sp³-hybridized carbons (Fsp3) is 0.500. The number of benzene rings is 1. The van der Waals surface area contributed by atoms with Crippen LogP contribution in [-0.4, -0.2) is 12.3 Å². The Morgan fingerprint density at radius 3 is 2.00 bits per heavy atom. The smallest absolute Gasteiger partial charge is 0.00310 e. The number of nitrogens with one attached hydrogen (secondary N) is 1. The molecule has 0 bridgehead atoms. The second kappa shape index (κ2) is 12.9. The highest BCUT2D eigenvalue weighted by molar-refractivity contribution is 7.20. The van der Waals surface area contributed by atoms with Crippen LogP contribution in [0.1, 0.15) is 51.0 Å². The average molecular weight is 291 g/mol. The van der Waals surface area contributed by atoms with E-state index in [9.17, 15) is 0 Å². The summed E-state index contributed by atoms with van der Waals surface area (Å²) < 4.78 is 0. The van der Waals surface area contributed by atoms with Gasteiger partial charge in [-0.3, -0.25) is 0 Å². The molecule has 1 nitrogen and oxygen atoms in total. The van der Waals surface area contributed by atoms with E-state index in [1.165, 1.54) is 43.0 Å². The number of unbranched alkanes of at least 4 members (excludes halogenated alkanes) is 3. The van der Waals surface area contributed by atoms with Crippen molar-refractivity contribution in [2.24, 2.45) is 0 Å². The third-order valence-electron chi connectivity index (χ3n) is 3.07. The fourth-order valence-electron chi connectivity index (χ4n) is 1.74. The van der Waals surface area contributed by atoms with Gasteiger partial charge in [0.15, 0.2) is 0 Å². The highest BCUT2D eigenvalue weighted by Gasteiger charge is 1.93. The van der Waals surface area contributed by atoms with E-state index < -0.39 is 0 Å². The van der Waals surface area contributed by atoms with E-state index >= 15 is 0 Å². The topological polar surface area (TPSA) is 12.0 Å². The molecule has 1 aromatic rings. The van der Waals surface area contributed by atoms with E-state index in [0.717, 1.165) is 12.1 Å². The molecule has 1 aromatic carbocycles. The Morgan fingerprint density at radius 1 is 1.05 bits per heavy atom. The molecule has 0 amide bonds.